The highest BCUT2D eigenvalue weighted by molar-refractivity contribution is 8.05. The third kappa shape index (κ3) is 6.53. The smallest absolute Gasteiger partial charge is 0.408 e. The largest absolute Gasteiger partial charge is 0.459 e. The summed E-state index contributed by atoms with van der Waals surface area (Å²) >= 11 is 2.55. The second-order valence-electron chi connectivity index (χ2n) is 11.2. The lowest BCUT2D eigenvalue weighted by Crippen LogP contribution is -2.78. The van der Waals surface area contributed by atoms with Crippen LogP contribution in [0.2, 0.25) is 0 Å². The van der Waals surface area contributed by atoms with Gasteiger partial charge in [-0.25, -0.2) is 9.59 Å². The minimum Gasteiger partial charge on any atom is -0.459 e. The summed E-state index contributed by atoms with van der Waals surface area (Å²) in [6, 6.07) is 21.2. The monoisotopic (exact) mass is 664 g/mol. The highest BCUT2D eigenvalue weighted by atomic mass is 32.2. The molecule has 0 spiro atoms. The van der Waals surface area contributed by atoms with Crippen LogP contribution in [0.15, 0.2) is 84.9 Å². The van der Waals surface area contributed by atoms with Crippen molar-refractivity contribution < 1.29 is 33.6 Å². The lowest BCUT2D eigenvalue weighted by molar-refractivity contribution is -0.384. The molecule has 2 aliphatic rings. The van der Waals surface area contributed by atoms with Crippen molar-refractivity contribution in [3.63, 3.8) is 0 Å². The molecule has 4 atom stereocenters. The van der Waals surface area contributed by atoms with Gasteiger partial charge in [0.2, 0.25) is 5.91 Å². The first-order chi connectivity index (χ1) is 22.0. The number of hydrogen-bond donors (Lipinski definition) is 2. The van der Waals surface area contributed by atoms with Crippen LogP contribution >= 0.6 is 23.5 Å². The van der Waals surface area contributed by atoms with Crippen molar-refractivity contribution in [3.8, 4) is 0 Å². The Bertz CT molecular complexity index is 1620. The number of nitro groups is 1. The molecule has 2 aliphatic heterocycles. The number of fused-ring (bicyclic) bond motifs is 1. The third-order valence-electron chi connectivity index (χ3n) is 7.76. The topological polar surface area (TPSA) is 157 Å². The van der Waals surface area contributed by atoms with Gasteiger partial charge in [0.1, 0.15) is 30.7 Å². The van der Waals surface area contributed by atoms with E-state index in [1.54, 1.807) is 36.6 Å². The van der Waals surface area contributed by atoms with Crippen molar-refractivity contribution in [2.24, 2.45) is 0 Å². The van der Waals surface area contributed by atoms with Crippen LogP contribution in [-0.4, -0.2) is 61.0 Å². The van der Waals surface area contributed by atoms with Crippen LogP contribution in [-0.2, 0) is 37.1 Å². The Labute approximate surface area is 273 Å². The number of thioether (sulfide) groups is 2. The Kier molecular flexibility index (Phi) is 9.58. The summed E-state index contributed by atoms with van der Waals surface area (Å²) in [5.41, 5.74) is 1.69. The predicted molar refractivity (Wildman–Crippen MR) is 172 cm³/mol. The van der Waals surface area contributed by atoms with E-state index < -0.39 is 55.9 Å². The fraction of sp³-hybridized carbons (Fsp3) is 0.312. The molecule has 3 aromatic carbocycles. The molecule has 5 rings (SSSR count). The Morgan fingerprint density at radius 1 is 0.957 bits per heavy atom. The molecule has 2 heterocycles. The highest BCUT2D eigenvalue weighted by Crippen LogP contribution is 2.58. The lowest BCUT2D eigenvalue weighted by atomic mass is 9.95. The van der Waals surface area contributed by atoms with Gasteiger partial charge in [-0.05, 0) is 48.9 Å². The standard InChI is InChI=1S/C32H32N4O8S2/c1-31(2)25(27(38)43-18-20-10-6-4-7-11-20)35-28(39)32(45-3,29(35)46-31)34-26(37)24(22-12-8-5-9-13-22)33-30(40)44-19-21-14-16-23(17-15-21)36(41)42/h4-17,24-25,29H,18-19H2,1-3H3,(H,33,40)(H,34,37)/t24?,25-,29+,32-/m0/s1. The Morgan fingerprint density at radius 3 is 2.15 bits per heavy atom. The zero-order valence-corrected chi connectivity index (χ0v) is 26.8. The van der Waals surface area contributed by atoms with Gasteiger partial charge in [-0.3, -0.25) is 19.7 Å². The van der Waals surface area contributed by atoms with E-state index in [1.807, 2.05) is 44.2 Å². The van der Waals surface area contributed by atoms with E-state index in [4.69, 9.17) is 9.47 Å². The van der Waals surface area contributed by atoms with Gasteiger partial charge in [-0.15, -0.1) is 23.5 Å². The van der Waals surface area contributed by atoms with Crippen LogP contribution in [0.4, 0.5) is 10.5 Å². The molecule has 0 radical (unpaired) electrons. The molecule has 3 amide bonds. The van der Waals surface area contributed by atoms with Crippen LogP contribution < -0.4 is 10.6 Å². The van der Waals surface area contributed by atoms with E-state index in [1.165, 1.54) is 40.9 Å². The van der Waals surface area contributed by atoms with Crippen molar-refractivity contribution in [1.29, 1.82) is 0 Å². The molecule has 2 fully saturated rings. The van der Waals surface area contributed by atoms with Crippen molar-refractivity contribution in [1.82, 2.24) is 15.5 Å². The molecule has 240 valence electrons. The summed E-state index contributed by atoms with van der Waals surface area (Å²) in [6.45, 7) is 3.60. The molecule has 14 heteroatoms. The lowest BCUT2D eigenvalue weighted by Gasteiger charge is -2.52. The molecule has 3 aromatic rings. The molecule has 12 nitrogen and oxygen atoms in total. The van der Waals surface area contributed by atoms with Gasteiger partial charge in [0.05, 0.1) is 4.92 Å². The van der Waals surface area contributed by atoms with Gasteiger partial charge in [0, 0.05) is 16.9 Å². The van der Waals surface area contributed by atoms with E-state index in [2.05, 4.69) is 10.6 Å². The number of non-ortho nitro benzene ring substituents is 1. The Balaban J connectivity index is 1.29. The fourth-order valence-corrected chi connectivity index (χ4v) is 8.20. The first-order valence-electron chi connectivity index (χ1n) is 14.3. The number of alkyl carbamates (subject to hydrolysis) is 1. The van der Waals surface area contributed by atoms with Crippen LogP contribution in [0.3, 0.4) is 0 Å². The van der Waals surface area contributed by atoms with Gasteiger partial charge in [0.15, 0.2) is 4.87 Å². The van der Waals surface area contributed by atoms with Crippen LogP contribution in [0.1, 0.15) is 36.6 Å². The van der Waals surface area contributed by atoms with Crippen molar-refractivity contribution in [2.45, 2.75) is 54.1 Å². The second kappa shape index (κ2) is 13.4. The zero-order chi connectivity index (χ0) is 33.1. The summed E-state index contributed by atoms with van der Waals surface area (Å²) in [5, 5.41) is 15.8. The van der Waals surface area contributed by atoms with E-state index in [9.17, 15) is 29.3 Å². The first kappa shape index (κ1) is 32.8. The molecule has 46 heavy (non-hydrogen) atoms. The Hall–Kier alpha value is -4.56. The van der Waals surface area contributed by atoms with E-state index >= 15 is 0 Å². The predicted octanol–water partition coefficient (Wildman–Crippen LogP) is 4.54. The molecule has 1 unspecified atom stereocenters. The minimum absolute atomic E-state index is 0.0682. The quantitative estimate of drug-likeness (QED) is 0.0981. The van der Waals surface area contributed by atoms with E-state index in [0.29, 0.717) is 11.1 Å². The summed E-state index contributed by atoms with van der Waals surface area (Å²) < 4.78 is 10.2. The van der Waals surface area contributed by atoms with Gasteiger partial charge >= 0.3 is 12.1 Å². The Morgan fingerprint density at radius 2 is 1.54 bits per heavy atom. The SMILES string of the molecule is CS[C@@]1(NC(=O)C(NC(=O)OCc2ccc([N+](=O)[O-])cc2)c2ccccc2)C(=O)N2[C@@H](C(=O)OCc3ccccc3)C(C)(C)S[C@@H]21. The number of hydrogen-bond acceptors (Lipinski definition) is 10. The first-order valence-corrected chi connectivity index (χ1v) is 16.4. The number of benzene rings is 3. The van der Waals surface area contributed by atoms with Gasteiger partial charge in [-0.2, -0.15) is 0 Å². The summed E-state index contributed by atoms with van der Waals surface area (Å²) in [7, 11) is 0. The maximum atomic E-state index is 13.9. The van der Waals surface area contributed by atoms with E-state index in [0.717, 1.165) is 17.3 Å². The number of esters is 1. The maximum absolute atomic E-state index is 13.9. The normalized spacial score (nSPS) is 21.7. The van der Waals surface area contributed by atoms with Crippen LogP contribution in [0.5, 0.6) is 0 Å². The number of rotatable bonds is 11. The van der Waals surface area contributed by atoms with E-state index in [-0.39, 0.29) is 18.9 Å². The van der Waals surface area contributed by atoms with Crippen molar-refractivity contribution >= 4 is 53.1 Å². The maximum Gasteiger partial charge on any atom is 0.408 e. The average Bonchev–Trinajstić information content (AvgIpc) is 3.33. The van der Waals surface area contributed by atoms with Gasteiger partial charge in [-0.1, -0.05) is 60.7 Å². The molecule has 0 saturated carbocycles. The zero-order valence-electron chi connectivity index (χ0n) is 25.2. The minimum atomic E-state index is -1.40. The van der Waals surface area contributed by atoms with Crippen molar-refractivity contribution in [2.75, 3.05) is 6.26 Å². The summed E-state index contributed by atoms with van der Waals surface area (Å²) in [4.78, 5) is 64.3. The molecular formula is C32H32N4O8S2. The summed E-state index contributed by atoms with van der Waals surface area (Å²) in [6.07, 6.45) is 0.799. The average molecular weight is 665 g/mol. The molecule has 2 N–H and O–H groups in total. The fourth-order valence-electron chi connectivity index (χ4n) is 5.40. The number of carbonyl (C=O) groups is 4. The third-order valence-corrected chi connectivity index (χ3v) is 10.7. The number of ether oxygens (including phenoxy) is 2. The second-order valence-corrected chi connectivity index (χ2v) is 14.0. The number of nitro benzene ring substituents is 1. The number of β-lactam (4-membered cyclic amide) rings is 1. The van der Waals surface area contributed by atoms with Gasteiger partial charge in [0.25, 0.3) is 11.6 Å². The summed E-state index contributed by atoms with van der Waals surface area (Å²) in [5.74, 6) is -1.61. The highest BCUT2D eigenvalue weighted by Gasteiger charge is 2.72. The number of nitrogens with one attached hydrogen (secondary N) is 2. The van der Waals surface area contributed by atoms with Crippen LogP contribution in [0, 0.1) is 10.1 Å². The molecule has 2 saturated heterocycles. The van der Waals surface area contributed by atoms with Crippen LogP contribution in [0.25, 0.3) is 0 Å². The molecule has 0 aliphatic carbocycles. The molecule has 0 bridgehead atoms. The number of amides is 3. The molecule has 0 aromatic heterocycles. The van der Waals surface area contributed by atoms with Crippen molar-refractivity contribution in [3.05, 3.63) is 112 Å². The van der Waals surface area contributed by atoms with Gasteiger partial charge < -0.3 is 25.0 Å². The number of nitrogens with zero attached hydrogens (tertiary/aromatic N) is 2. The number of carbonyl (C=O) groups excluding carboxylic acids is 4. The molecular weight excluding hydrogens is 633 g/mol.